The summed E-state index contributed by atoms with van der Waals surface area (Å²) in [5.41, 5.74) is 2.26. The van der Waals surface area contributed by atoms with Crippen LogP contribution in [0.15, 0.2) is 72.8 Å². The highest BCUT2D eigenvalue weighted by Gasteiger charge is 2.13. The van der Waals surface area contributed by atoms with Crippen molar-refractivity contribution >= 4 is 28.9 Å². The van der Waals surface area contributed by atoms with Gasteiger partial charge in [0.2, 0.25) is 0 Å². The van der Waals surface area contributed by atoms with Gasteiger partial charge >= 0.3 is 0 Å². The molecule has 2 N–H and O–H groups in total. The average Bonchev–Trinajstić information content (AvgIpc) is 2.78. The number of benzene rings is 3. The van der Waals surface area contributed by atoms with Crippen molar-refractivity contribution in [1.82, 2.24) is 5.32 Å². The Hall–Kier alpha value is -3.58. The summed E-state index contributed by atoms with van der Waals surface area (Å²) >= 11 is 5.25. The fraction of sp³-hybridized carbons (Fsp3) is 0.130. The van der Waals surface area contributed by atoms with E-state index in [-0.39, 0.29) is 11.0 Å². The van der Waals surface area contributed by atoms with Gasteiger partial charge in [0, 0.05) is 17.3 Å². The van der Waals surface area contributed by atoms with Crippen molar-refractivity contribution in [3.8, 4) is 17.2 Å². The Morgan fingerprint density at radius 2 is 1.67 bits per heavy atom. The maximum Gasteiger partial charge on any atom is 0.257 e. The molecule has 152 valence electrons. The van der Waals surface area contributed by atoms with Crippen molar-refractivity contribution in [3.05, 3.63) is 83.9 Å². The minimum atomic E-state index is -0.306. The molecular weight excluding hydrogens is 400 g/mol. The molecule has 0 aliphatic carbocycles. The summed E-state index contributed by atoms with van der Waals surface area (Å²) in [5.74, 6) is 1.72. The second-order valence-electron chi connectivity index (χ2n) is 6.57. The monoisotopic (exact) mass is 420 g/mol. The second kappa shape index (κ2) is 9.28. The minimum Gasteiger partial charge on any atom is -0.489 e. The number of ether oxygens (including phenoxy) is 3. The summed E-state index contributed by atoms with van der Waals surface area (Å²) in [5, 5.41) is 5.85. The molecule has 3 aromatic carbocycles. The Kier molecular flexibility index (Phi) is 6.10. The third-order valence-corrected chi connectivity index (χ3v) is 4.60. The predicted octanol–water partition coefficient (Wildman–Crippen LogP) is 4.16. The number of anilines is 1. The van der Waals surface area contributed by atoms with E-state index >= 15 is 0 Å². The fourth-order valence-corrected chi connectivity index (χ4v) is 3.11. The molecule has 1 aliphatic heterocycles. The first-order valence-electron chi connectivity index (χ1n) is 9.46. The van der Waals surface area contributed by atoms with E-state index in [1.165, 1.54) is 0 Å². The molecule has 30 heavy (non-hydrogen) atoms. The molecule has 0 fully saturated rings. The van der Waals surface area contributed by atoms with E-state index in [0.717, 1.165) is 5.56 Å². The smallest absolute Gasteiger partial charge is 0.257 e. The number of thiocarbonyl (C=S) groups is 1. The summed E-state index contributed by atoms with van der Waals surface area (Å²) < 4.78 is 16.8. The summed E-state index contributed by atoms with van der Waals surface area (Å²) in [7, 11) is 0. The van der Waals surface area contributed by atoms with Gasteiger partial charge in [-0.25, -0.2) is 0 Å². The minimum absolute atomic E-state index is 0.195. The maximum atomic E-state index is 12.4. The van der Waals surface area contributed by atoms with Crippen LogP contribution in [0.5, 0.6) is 17.2 Å². The molecule has 1 aliphatic rings. The van der Waals surface area contributed by atoms with Crippen molar-refractivity contribution in [2.75, 3.05) is 18.5 Å². The third kappa shape index (κ3) is 5.07. The van der Waals surface area contributed by atoms with Crippen LogP contribution in [-0.2, 0) is 6.61 Å². The lowest BCUT2D eigenvalue weighted by molar-refractivity contribution is 0.0977. The highest BCUT2D eigenvalue weighted by Crippen LogP contribution is 2.32. The molecule has 0 atom stereocenters. The first-order valence-corrected chi connectivity index (χ1v) is 9.87. The van der Waals surface area contributed by atoms with Gasteiger partial charge in [-0.3, -0.25) is 10.1 Å². The van der Waals surface area contributed by atoms with Crippen LogP contribution < -0.4 is 24.8 Å². The van der Waals surface area contributed by atoms with Gasteiger partial charge in [-0.05, 0) is 54.2 Å². The molecule has 0 radical (unpaired) electrons. The molecule has 4 rings (SSSR count). The van der Waals surface area contributed by atoms with Crippen LogP contribution in [0.4, 0.5) is 5.69 Å². The van der Waals surface area contributed by atoms with Gasteiger partial charge in [-0.15, -0.1) is 0 Å². The number of carbonyl (C=O) groups excluding carboxylic acids is 1. The van der Waals surface area contributed by atoms with Crippen LogP contribution in [0.3, 0.4) is 0 Å². The topological polar surface area (TPSA) is 68.8 Å². The summed E-state index contributed by atoms with van der Waals surface area (Å²) in [6.07, 6.45) is 0. The lowest BCUT2D eigenvalue weighted by atomic mass is 10.2. The van der Waals surface area contributed by atoms with E-state index in [1.54, 1.807) is 36.4 Å². The zero-order chi connectivity index (χ0) is 20.8. The van der Waals surface area contributed by atoms with E-state index in [2.05, 4.69) is 10.6 Å². The quantitative estimate of drug-likeness (QED) is 0.604. The van der Waals surface area contributed by atoms with E-state index in [9.17, 15) is 4.79 Å². The SMILES string of the molecule is O=C(NC(=S)Nc1ccc2c(c1)OCCO2)c1ccc(OCc2ccccc2)cc1. The zero-order valence-electron chi connectivity index (χ0n) is 16.1. The lowest BCUT2D eigenvalue weighted by Crippen LogP contribution is -2.34. The zero-order valence-corrected chi connectivity index (χ0v) is 16.9. The Bertz CT molecular complexity index is 1040. The molecule has 0 bridgehead atoms. The highest BCUT2D eigenvalue weighted by molar-refractivity contribution is 7.80. The lowest BCUT2D eigenvalue weighted by Gasteiger charge is -2.19. The normalized spacial score (nSPS) is 12.0. The Labute approximate surface area is 179 Å². The first kappa shape index (κ1) is 19.7. The van der Waals surface area contributed by atoms with Crippen molar-refractivity contribution in [2.24, 2.45) is 0 Å². The fourth-order valence-electron chi connectivity index (χ4n) is 2.90. The molecule has 0 saturated heterocycles. The van der Waals surface area contributed by atoms with E-state index in [0.29, 0.717) is 48.3 Å². The summed E-state index contributed by atoms with van der Waals surface area (Å²) in [6, 6.07) is 22.2. The van der Waals surface area contributed by atoms with E-state index in [4.69, 9.17) is 26.4 Å². The largest absolute Gasteiger partial charge is 0.489 e. The van der Waals surface area contributed by atoms with Gasteiger partial charge in [0.25, 0.3) is 5.91 Å². The number of nitrogens with one attached hydrogen (secondary N) is 2. The maximum absolute atomic E-state index is 12.4. The molecule has 7 heteroatoms. The van der Waals surface area contributed by atoms with Crippen molar-refractivity contribution in [2.45, 2.75) is 6.61 Å². The van der Waals surface area contributed by atoms with Crippen LogP contribution in [0, 0.1) is 0 Å². The van der Waals surface area contributed by atoms with Gasteiger partial charge in [-0.1, -0.05) is 30.3 Å². The summed E-state index contributed by atoms with van der Waals surface area (Å²) in [4.78, 5) is 12.4. The molecule has 6 nitrogen and oxygen atoms in total. The number of rotatable bonds is 5. The van der Waals surface area contributed by atoms with Gasteiger partial charge in [-0.2, -0.15) is 0 Å². The molecule has 1 heterocycles. The number of carbonyl (C=O) groups is 1. The van der Waals surface area contributed by atoms with Crippen molar-refractivity contribution < 1.29 is 19.0 Å². The second-order valence-corrected chi connectivity index (χ2v) is 6.97. The van der Waals surface area contributed by atoms with Crippen molar-refractivity contribution in [3.63, 3.8) is 0 Å². The van der Waals surface area contributed by atoms with Gasteiger partial charge in [0.05, 0.1) is 0 Å². The molecule has 3 aromatic rings. The van der Waals surface area contributed by atoms with Crippen LogP contribution in [0.2, 0.25) is 0 Å². The number of amides is 1. The van der Waals surface area contributed by atoms with Gasteiger partial charge in [0.15, 0.2) is 16.6 Å². The Morgan fingerprint density at radius 3 is 2.43 bits per heavy atom. The third-order valence-electron chi connectivity index (χ3n) is 4.39. The molecule has 0 spiro atoms. The average molecular weight is 420 g/mol. The van der Waals surface area contributed by atoms with E-state index < -0.39 is 0 Å². The van der Waals surface area contributed by atoms with Gasteiger partial charge in [0.1, 0.15) is 25.6 Å². The predicted molar refractivity (Wildman–Crippen MR) is 118 cm³/mol. The number of hydrogen-bond acceptors (Lipinski definition) is 5. The Balaban J connectivity index is 1.30. The molecule has 0 unspecified atom stereocenters. The molecule has 0 saturated carbocycles. The highest BCUT2D eigenvalue weighted by atomic mass is 32.1. The number of hydrogen-bond donors (Lipinski definition) is 2. The molecular formula is C23H20N2O4S. The van der Waals surface area contributed by atoms with Crippen LogP contribution in [0.1, 0.15) is 15.9 Å². The molecule has 0 aromatic heterocycles. The van der Waals surface area contributed by atoms with Crippen LogP contribution >= 0.6 is 12.2 Å². The molecule has 1 amide bonds. The summed E-state index contributed by atoms with van der Waals surface area (Å²) in [6.45, 7) is 1.50. The van der Waals surface area contributed by atoms with E-state index in [1.807, 2.05) is 36.4 Å². The van der Waals surface area contributed by atoms with Crippen LogP contribution in [-0.4, -0.2) is 24.2 Å². The first-order chi connectivity index (χ1) is 14.7. The van der Waals surface area contributed by atoms with Gasteiger partial charge < -0.3 is 19.5 Å². The van der Waals surface area contributed by atoms with Crippen LogP contribution in [0.25, 0.3) is 0 Å². The Morgan fingerprint density at radius 1 is 0.933 bits per heavy atom. The standard InChI is InChI=1S/C23H20N2O4S/c26-22(17-6-9-19(10-7-17)29-15-16-4-2-1-3-5-16)25-23(30)24-18-8-11-20-21(14-18)28-13-12-27-20/h1-11,14H,12-13,15H2,(H2,24,25,26,30). The number of fused-ring (bicyclic) bond motifs is 1. The van der Waals surface area contributed by atoms with Crippen molar-refractivity contribution in [1.29, 1.82) is 0 Å².